The molecule has 0 bridgehead atoms. The molecule has 0 radical (unpaired) electrons. The van der Waals surface area contributed by atoms with Gasteiger partial charge in [-0.25, -0.2) is 0 Å². The Bertz CT molecular complexity index is 1050. The van der Waals surface area contributed by atoms with Crippen LogP contribution >= 0.6 is 0 Å². The van der Waals surface area contributed by atoms with Crippen molar-refractivity contribution < 1.29 is 9.47 Å². The molecule has 0 saturated carbocycles. The van der Waals surface area contributed by atoms with Crippen molar-refractivity contribution in [2.75, 3.05) is 19.0 Å². The molecule has 3 heterocycles. The predicted molar refractivity (Wildman–Crippen MR) is 117 cm³/mol. The molecule has 1 N–H and O–H groups in total. The van der Waals surface area contributed by atoms with E-state index < -0.39 is 0 Å². The summed E-state index contributed by atoms with van der Waals surface area (Å²) in [6.45, 7) is 6.96. The van der Waals surface area contributed by atoms with Crippen molar-refractivity contribution >= 4 is 17.8 Å². The Balaban J connectivity index is 1.68. The first kappa shape index (κ1) is 20.1. The molecule has 0 spiro atoms. The lowest BCUT2D eigenvalue weighted by Gasteiger charge is -2.20. The quantitative estimate of drug-likeness (QED) is 0.635. The summed E-state index contributed by atoms with van der Waals surface area (Å²) in [5.74, 6) is 1.70. The zero-order chi connectivity index (χ0) is 21.1. The van der Waals surface area contributed by atoms with Crippen LogP contribution in [0.25, 0.3) is 5.65 Å². The standard InChI is InChI=1S/C22H28N6O2/c1-14(2)19-13-24-28-20(19)26-22(30-18-9-6-10-23-12-18)27-21(28)25-15(3)16-7-5-8-17(11-16)29-4/h5,7-8,10-11,13-15,18H,6,9,12H2,1-4H3,(H,25,26,27). The Kier molecular flexibility index (Phi) is 5.83. The first-order chi connectivity index (χ1) is 14.5. The monoisotopic (exact) mass is 408 g/mol. The Morgan fingerprint density at radius 3 is 2.80 bits per heavy atom. The fraction of sp³-hybridized carbons (Fsp3) is 0.455. The van der Waals surface area contributed by atoms with Crippen LogP contribution in [-0.2, 0) is 0 Å². The Morgan fingerprint density at radius 1 is 1.20 bits per heavy atom. The third-order valence-corrected chi connectivity index (χ3v) is 5.26. The van der Waals surface area contributed by atoms with Crippen molar-refractivity contribution in [3.8, 4) is 11.8 Å². The van der Waals surface area contributed by atoms with Gasteiger partial charge >= 0.3 is 6.01 Å². The molecule has 8 heteroatoms. The summed E-state index contributed by atoms with van der Waals surface area (Å²) in [7, 11) is 1.67. The molecule has 158 valence electrons. The molecule has 1 aliphatic heterocycles. The first-order valence-electron chi connectivity index (χ1n) is 10.4. The van der Waals surface area contributed by atoms with E-state index in [0.29, 0.717) is 18.5 Å². The number of nitrogens with zero attached hydrogens (tertiary/aromatic N) is 5. The Morgan fingerprint density at radius 2 is 2.07 bits per heavy atom. The van der Waals surface area contributed by atoms with Crippen LogP contribution in [0, 0.1) is 0 Å². The normalized spacial score (nSPS) is 17.3. The third kappa shape index (κ3) is 4.22. The van der Waals surface area contributed by atoms with Crippen LogP contribution in [-0.4, -0.2) is 45.6 Å². The average Bonchev–Trinajstić information content (AvgIpc) is 3.19. The number of rotatable bonds is 7. The molecule has 0 saturated heterocycles. The highest BCUT2D eigenvalue weighted by molar-refractivity contribution is 5.58. The van der Waals surface area contributed by atoms with Gasteiger partial charge in [0.15, 0.2) is 5.65 Å². The molecular weight excluding hydrogens is 380 g/mol. The molecule has 2 atom stereocenters. The number of nitrogens with one attached hydrogen (secondary N) is 1. The lowest BCUT2D eigenvalue weighted by Crippen LogP contribution is -2.25. The molecule has 0 fully saturated rings. The molecule has 2 unspecified atom stereocenters. The number of fused-ring (bicyclic) bond motifs is 1. The van der Waals surface area contributed by atoms with Crippen molar-refractivity contribution in [1.82, 2.24) is 19.6 Å². The molecule has 4 rings (SSSR count). The van der Waals surface area contributed by atoms with Gasteiger partial charge in [0.2, 0.25) is 5.95 Å². The topological polar surface area (TPSA) is 85.9 Å². The fourth-order valence-corrected chi connectivity index (χ4v) is 3.50. The van der Waals surface area contributed by atoms with Crippen LogP contribution in [0.5, 0.6) is 11.8 Å². The number of aliphatic imine (C=N–C) groups is 1. The zero-order valence-corrected chi connectivity index (χ0v) is 17.9. The molecule has 8 nitrogen and oxygen atoms in total. The van der Waals surface area contributed by atoms with E-state index in [1.807, 2.05) is 30.6 Å². The van der Waals surface area contributed by atoms with Crippen molar-refractivity contribution in [2.45, 2.75) is 51.7 Å². The Labute approximate surface area is 176 Å². The minimum Gasteiger partial charge on any atom is -0.497 e. The van der Waals surface area contributed by atoms with Crippen LogP contribution in [0.4, 0.5) is 5.95 Å². The van der Waals surface area contributed by atoms with Gasteiger partial charge in [0.05, 0.1) is 25.9 Å². The molecule has 1 aromatic carbocycles. The van der Waals surface area contributed by atoms with Gasteiger partial charge in [-0.05, 0) is 49.6 Å². The van der Waals surface area contributed by atoms with E-state index in [-0.39, 0.29) is 18.1 Å². The molecule has 3 aromatic rings. The highest BCUT2D eigenvalue weighted by Gasteiger charge is 2.20. The summed E-state index contributed by atoms with van der Waals surface area (Å²) in [5.41, 5.74) is 2.90. The third-order valence-electron chi connectivity index (χ3n) is 5.26. The van der Waals surface area contributed by atoms with Gasteiger partial charge in [-0.2, -0.15) is 19.6 Å². The highest BCUT2D eigenvalue weighted by atomic mass is 16.5. The molecule has 1 aliphatic rings. The minimum atomic E-state index is -0.0166. The average molecular weight is 409 g/mol. The predicted octanol–water partition coefficient (Wildman–Crippen LogP) is 4.04. The number of benzene rings is 1. The van der Waals surface area contributed by atoms with E-state index in [2.05, 4.69) is 52.2 Å². The van der Waals surface area contributed by atoms with Gasteiger partial charge in [-0.1, -0.05) is 26.0 Å². The summed E-state index contributed by atoms with van der Waals surface area (Å²) >= 11 is 0. The maximum Gasteiger partial charge on any atom is 0.322 e. The minimum absolute atomic E-state index is 0.00784. The summed E-state index contributed by atoms with van der Waals surface area (Å²) in [6, 6.07) is 8.31. The SMILES string of the molecule is COc1cccc(C(C)Nc2nc(OC3CCC=NC3)nc3c(C(C)C)cnn23)c1. The van der Waals surface area contributed by atoms with Gasteiger partial charge < -0.3 is 14.8 Å². The highest BCUT2D eigenvalue weighted by Crippen LogP contribution is 2.26. The van der Waals surface area contributed by atoms with Crippen molar-refractivity contribution in [2.24, 2.45) is 4.99 Å². The van der Waals surface area contributed by atoms with E-state index in [9.17, 15) is 0 Å². The van der Waals surface area contributed by atoms with Gasteiger partial charge in [-0.15, -0.1) is 0 Å². The summed E-state index contributed by atoms with van der Waals surface area (Å²) in [5, 5.41) is 8.00. The zero-order valence-electron chi connectivity index (χ0n) is 17.9. The van der Waals surface area contributed by atoms with Crippen LogP contribution < -0.4 is 14.8 Å². The number of hydrogen-bond acceptors (Lipinski definition) is 7. The second kappa shape index (κ2) is 8.69. The maximum absolute atomic E-state index is 6.09. The van der Waals surface area contributed by atoms with E-state index in [0.717, 1.165) is 35.4 Å². The smallest absolute Gasteiger partial charge is 0.322 e. The van der Waals surface area contributed by atoms with E-state index in [1.54, 1.807) is 11.6 Å². The molecule has 0 aliphatic carbocycles. The van der Waals surface area contributed by atoms with E-state index in [4.69, 9.17) is 9.47 Å². The summed E-state index contributed by atoms with van der Waals surface area (Å²) < 4.78 is 13.2. The van der Waals surface area contributed by atoms with E-state index in [1.165, 1.54) is 0 Å². The van der Waals surface area contributed by atoms with Crippen molar-refractivity contribution in [3.63, 3.8) is 0 Å². The van der Waals surface area contributed by atoms with E-state index >= 15 is 0 Å². The fourth-order valence-electron chi connectivity index (χ4n) is 3.50. The number of aromatic nitrogens is 4. The van der Waals surface area contributed by atoms with Crippen molar-refractivity contribution in [3.05, 3.63) is 41.6 Å². The Hall–Kier alpha value is -3.16. The van der Waals surface area contributed by atoms with Gasteiger partial charge in [0.25, 0.3) is 0 Å². The molecule has 30 heavy (non-hydrogen) atoms. The lowest BCUT2D eigenvalue weighted by molar-refractivity contribution is 0.182. The van der Waals surface area contributed by atoms with Crippen LogP contribution in [0.2, 0.25) is 0 Å². The number of hydrogen-bond donors (Lipinski definition) is 1. The van der Waals surface area contributed by atoms with Crippen LogP contribution in [0.3, 0.4) is 0 Å². The summed E-state index contributed by atoms with van der Waals surface area (Å²) in [4.78, 5) is 13.7. The second-order valence-corrected chi connectivity index (χ2v) is 7.83. The second-order valence-electron chi connectivity index (χ2n) is 7.83. The molecular formula is C22H28N6O2. The maximum atomic E-state index is 6.09. The molecule has 0 amide bonds. The number of methoxy groups -OCH3 is 1. The largest absolute Gasteiger partial charge is 0.497 e. The van der Waals surface area contributed by atoms with Crippen LogP contribution in [0.15, 0.2) is 35.5 Å². The van der Waals surface area contributed by atoms with Crippen molar-refractivity contribution in [1.29, 1.82) is 0 Å². The van der Waals surface area contributed by atoms with Gasteiger partial charge in [0.1, 0.15) is 11.9 Å². The number of anilines is 1. The molecule has 2 aromatic heterocycles. The van der Waals surface area contributed by atoms with Crippen LogP contribution in [0.1, 0.15) is 56.7 Å². The summed E-state index contributed by atoms with van der Waals surface area (Å²) in [6.07, 6.45) is 5.61. The van der Waals surface area contributed by atoms with Gasteiger partial charge in [0, 0.05) is 5.56 Å². The first-order valence-corrected chi connectivity index (χ1v) is 10.4. The lowest BCUT2D eigenvalue weighted by atomic mass is 10.1. The number of ether oxygens (including phenoxy) is 2. The van der Waals surface area contributed by atoms with Gasteiger partial charge in [-0.3, -0.25) is 4.99 Å².